The van der Waals surface area contributed by atoms with Crippen LogP contribution in [0, 0.1) is 11.3 Å². The minimum Gasteiger partial charge on any atom is -0.480 e. The number of guanidine groups is 1. The number of unbranched alkanes of at least 4 members (excludes halogenated alkanes) is 1. The first-order chi connectivity index (χ1) is 24.6. The summed E-state index contributed by atoms with van der Waals surface area (Å²) >= 11 is 5.41. The van der Waals surface area contributed by atoms with Crippen molar-refractivity contribution in [2.24, 2.45) is 11.7 Å². The van der Waals surface area contributed by atoms with Crippen molar-refractivity contribution in [3.63, 3.8) is 0 Å². The molecule has 18 nitrogen and oxygen atoms in total. The molecule has 2 rings (SSSR count). The Hall–Kier alpha value is -4.59. The van der Waals surface area contributed by atoms with E-state index in [1.165, 1.54) is 0 Å². The second-order valence-electron chi connectivity index (χ2n) is 12.9. The van der Waals surface area contributed by atoms with Crippen LogP contribution >= 0.6 is 12.2 Å². The van der Waals surface area contributed by atoms with Crippen LogP contribution in [0.15, 0.2) is 24.3 Å². The van der Waals surface area contributed by atoms with E-state index in [0.29, 0.717) is 82.2 Å². The average Bonchev–Trinajstić information content (AvgIpc) is 3.12. The van der Waals surface area contributed by atoms with Crippen molar-refractivity contribution in [1.82, 2.24) is 30.7 Å². The summed E-state index contributed by atoms with van der Waals surface area (Å²) < 4.78 is 0. The predicted octanol–water partition coefficient (Wildman–Crippen LogP) is -0.303. The molecule has 0 aliphatic carbocycles. The molecule has 1 aromatic carbocycles. The summed E-state index contributed by atoms with van der Waals surface area (Å²) in [5.41, 5.74) is 6.83. The maximum Gasteiger partial charge on any atom is 0.326 e. The first-order valence-corrected chi connectivity index (χ1v) is 17.6. The van der Waals surface area contributed by atoms with Crippen LogP contribution in [-0.2, 0) is 30.4 Å². The molecule has 0 aromatic heterocycles. The zero-order valence-corrected chi connectivity index (χ0v) is 30.3. The molecule has 52 heavy (non-hydrogen) atoms. The molecule has 1 unspecified atom stereocenters. The monoisotopic (exact) mass is 751 g/mol. The first kappa shape index (κ1) is 43.6. The average molecular weight is 752 g/mol. The number of nitrogens with zero attached hydrogens (tertiary/aromatic N) is 3. The molecule has 1 amide bonds. The number of benzene rings is 1. The molecule has 290 valence electrons. The fourth-order valence-corrected chi connectivity index (χ4v) is 6.01. The molecule has 1 aromatic rings. The number of carbonyl (C=O) groups is 5. The van der Waals surface area contributed by atoms with E-state index in [-0.39, 0.29) is 56.4 Å². The van der Waals surface area contributed by atoms with Gasteiger partial charge in [0, 0.05) is 63.5 Å². The van der Waals surface area contributed by atoms with E-state index < -0.39 is 29.9 Å². The summed E-state index contributed by atoms with van der Waals surface area (Å²) in [6.45, 7) is 3.46. The van der Waals surface area contributed by atoms with E-state index in [4.69, 9.17) is 23.4 Å². The second kappa shape index (κ2) is 23.1. The number of thiocarbonyl (C=S) groups is 1. The SMILES string of the molecule is C[C@@H](CCCNC(=N)N)C(=O)N[C@@H](CCCCNC(=S)Nc1ccc(CC2CN(CC(=O)O)CCN(CC(=O)O)CCN2CC(=O)O)cc1)C(=O)O. The van der Waals surface area contributed by atoms with Crippen molar-refractivity contribution in [2.45, 2.75) is 57.5 Å². The summed E-state index contributed by atoms with van der Waals surface area (Å²) in [5.74, 6) is -5.06. The van der Waals surface area contributed by atoms with Crippen LogP contribution < -0.4 is 27.0 Å². The van der Waals surface area contributed by atoms with Crippen molar-refractivity contribution in [3.05, 3.63) is 29.8 Å². The fraction of sp³-hybridized carbons (Fsp3) is 0.606. The molecule has 19 heteroatoms. The number of amides is 1. The van der Waals surface area contributed by atoms with Gasteiger partial charge in [-0.25, -0.2) is 4.79 Å². The van der Waals surface area contributed by atoms with Gasteiger partial charge in [0.25, 0.3) is 0 Å². The van der Waals surface area contributed by atoms with Gasteiger partial charge in [0.15, 0.2) is 11.1 Å². The van der Waals surface area contributed by atoms with Crippen LogP contribution in [0.5, 0.6) is 0 Å². The molecule has 0 radical (unpaired) electrons. The quantitative estimate of drug-likeness (QED) is 0.0334. The van der Waals surface area contributed by atoms with Gasteiger partial charge in [-0.15, -0.1) is 0 Å². The Kier molecular flexibility index (Phi) is 19.3. The van der Waals surface area contributed by atoms with E-state index in [1.54, 1.807) is 21.6 Å². The zero-order chi connectivity index (χ0) is 38.6. The second-order valence-corrected chi connectivity index (χ2v) is 13.3. The molecule has 1 aliphatic heterocycles. The van der Waals surface area contributed by atoms with Crippen LogP contribution in [0.1, 0.15) is 44.6 Å². The number of carboxylic acids is 4. The number of carbonyl (C=O) groups excluding carboxylic acids is 1. The van der Waals surface area contributed by atoms with Crippen LogP contribution in [0.25, 0.3) is 0 Å². The summed E-state index contributed by atoms with van der Waals surface area (Å²) in [4.78, 5) is 64.1. The third-order valence-electron chi connectivity index (χ3n) is 8.56. The third-order valence-corrected chi connectivity index (χ3v) is 8.80. The van der Waals surface area contributed by atoms with E-state index in [0.717, 1.165) is 5.56 Å². The number of hydrogen-bond donors (Lipinski definition) is 10. The molecule has 3 atom stereocenters. The Morgan fingerprint density at radius 1 is 0.846 bits per heavy atom. The van der Waals surface area contributed by atoms with E-state index >= 15 is 0 Å². The number of nitrogens with two attached hydrogens (primary N) is 1. The highest BCUT2D eigenvalue weighted by atomic mass is 32.1. The predicted molar refractivity (Wildman–Crippen MR) is 197 cm³/mol. The van der Waals surface area contributed by atoms with Crippen molar-refractivity contribution >= 4 is 58.8 Å². The van der Waals surface area contributed by atoms with Crippen molar-refractivity contribution < 1.29 is 44.4 Å². The lowest BCUT2D eigenvalue weighted by Gasteiger charge is -2.33. The van der Waals surface area contributed by atoms with E-state index in [9.17, 15) is 44.4 Å². The summed E-state index contributed by atoms with van der Waals surface area (Å²) in [5, 5.41) is 57.0. The zero-order valence-electron chi connectivity index (χ0n) is 29.5. The van der Waals surface area contributed by atoms with Gasteiger partial charge in [0.1, 0.15) is 6.04 Å². The number of anilines is 1. The third kappa shape index (κ3) is 18.1. The van der Waals surface area contributed by atoms with Crippen molar-refractivity contribution in [3.8, 4) is 0 Å². The molecule has 1 aliphatic rings. The molecule has 1 heterocycles. The molecule has 0 spiro atoms. The summed E-state index contributed by atoms with van der Waals surface area (Å²) in [7, 11) is 0. The summed E-state index contributed by atoms with van der Waals surface area (Å²) in [6, 6.07) is 6.04. The van der Waals surface area contributed by atoms with Crippen molar-refractivity contribution in [1.29, 1.82) is 5.41 Å². The van der Waals surface area contributed by atoms with E-state index in [2.05, 4.69) is 21.3 Å². The lowest BCUT2D eigenvalue weighted by Crippen LogP contribution is -2.49. The Bertz CT molecular complexity index is 1370. The normalized spacial score (nSPS) is 17.0. The van der Waals surface area contributed by atoms with Crippen LogP contribution in [0.3, 0.4) is 0 Å². The Morgan fingerprint density at radius 3 is 2.06 bits per heavy atom. The molecule has 11 N–H and O–H groups in total. The highest BCUT2D eigenvalue weighted by Crippen LogP contribution is 2.16. The topological polar surface area (TPSA) is 274 Å². The molecular weight excluding hydrogens is 698 g/mol. The minimum absolute atomic E-state index is 0.144. The van der Waals surface area contributed by atoms with Gasteiger partial charge in [-0.1, -0.05) is 19.1 Å². The van der Waals surface area contributed by atoms with Gasteiger partial charge in [0.2, 0.25) is 5.91 Å². The van der Waals surface area contributed by atoms with Gasteiger partial charge in [-0.2, -0.15) is 0 Å². The van der Waals surface area contributed by atoms with Crippen molar-refractivity contribution in [2.75, 3.05) is 70.8 Å². The largest absolute Gasteiger partial charge is 0.480 e. The number of nitrogens with one attached hydrogen (secondary N) is 5. The van der Waals surface area contributed by atoms with Crippen LogP contribution in [0.4, 0.5) is 5.69 Å². The van der Waals surface area contributed by atoms with Gasteiger partial charge in [-0.3, -0.25) is 39.3 Å². The first-order valence-electron chi connectivity index (χ1n) is 17.2. The van der Waals surface area contributed by atoms with Gasteiger partial charge < -0.3 is 47.4 Å². The Morgan fingerprint density at radius 2 is 1.44 bits per heavy atom. The van der Waals surface area contributed by atoms with E-state index in [1.807, 2.05) is 24.3 Å². The van der Waals surface area contributed by atoms with Crippen LogP contribution in [-0.4, -0.2) is 154 Å². The highest BCUT2D eigenvalue weighted by Gasteiger charge is 2.28. The number of carboxylic acid groups (broad SMARTS) is 4. The molecule has 0 bridgehead atoms. The minimum atomic E-state index is -1.10. The standard InChI is InChI=1S/C33H53N9O9S/c1-22(5-4-12-36-32(34)35)30(49)39-26(31(50)51)6-2-3-11-37-33(52)38-24-9-7-23(8-10-24)17-25-18-41(20-28(45)46)14-13-40(19-27(43)44)15-16-42(25)21-29(47)48/h7-10,22,25-26H,2-6,11-21H2,1H3,(H,39,49)(H,43,44)(H,45,46)(H,47,48)(H,50,51)(H4,34,35,36)(H2,37,38,52)/t22-,25?,26-/m0/s1. The number of aliphatic carboxylic acids is 4. The number of rotatable bonds is 21. The molecule has 1 fully saturated rings. The molecular formula is C33H53N9O9S. The van der Waals surface area contributed by atoms with Crippen LogP contribution in [0.2, 0.25) is 0 Å². The smallest absolute Gasteiger partial charge is 0.326 e. The molecule has 0 saturated carbocycles. The maximum atomic E-state index is 12.5. The van der Waals surface area contributed by atoms with Gasteiger partial charge >= 0.3 is 23.9 Å². The highest BCUT2D eigenvalue weighted by molar-refractivity contribution is 7.80. The van der Waals surface area contributed by atoms with Gasteiger partial charge in [-0.05, 0) is 68.4 Å². The Balaban J connectivity index is 1.89. The number of hydrogen-bond acceptors (Lipinski definition) is 10. The molecule has 1 saturated heterocycles. The lowest BCUT2D eigenvalue weighted by atomic mass is 10.0. The lowest BCUT2D eigenvalue weighted by molar-refractivity contribution is -0.142. The maximum absolute atomic E-state index is 12.5. The Labute approximate surface area is 308 Å². The fourth-order valence-electron chi connectivity index (χ4n) is 5.79. The van der Waals surface area contributed by atoms with Gasteiger partial charge in [0.05, 0.1) is 19.6 Å². The summed E-state index contributed by atoms with van der Waals surface area (Å²) in [6.07, 6.45) is 2.94.